The lowest BCUT2D eigenvalue weighted by molar-refractivity contribution is -0.144. The Morgan fingerprint density at radius 3 is 1.58 bits per heavy atom. The fourth-order valence-corrected chi connectivity index (χ4v) is 11.6. The van der Waals surface area contributed by atoms with Crippen LogP contribution >= 0.6 is 0 Å². The largest absolute Gasteiger partial charge is 0.480 e. The van der Waals surface area contributed by atoms with Crippen molar-refractivity contribution in [2.24, 2.45) is 0 Å². The number of hydrogen-bond acceptors (Lipinski definition) is 28. The second-order valence-electron chi connectivity index (χ2n) is 25.9. The van der Waals surface area contributed by atoms with Gasteiger partial charge in [0.05, 0.1) is 82.7 Å². The molecule has 0 radical (unpaired) electrons. The molecule has 586 valence electrons. The maximum Gasteiger partial charge on any atom is 0.317 e. The van der Waals surface area contributed by atoms with E-state index in [1.54, 1.807) is 30.1 Å². The topological polar surface area (TPSA) is 580 Å². The summed E-state index contributed by atoms with van der Waals surface area (Å²) in [5.41, 5.74) is 3.01. The summed E-state index contributed by atoms with van der Waals surface area (Å²) in [6, 6.07) is 8.04. The van der Waals surface area contributed by atoms with Crippen molar-refractivity contribution in [3.63, 3.8) is 0 Å². The van der Waals surface area contributed by atoms with Crippen LogP contribution in [0.1, 0.15) is 79.5 Å². The highest BCUT2D eigenvalue weighted by atomic mass is 16.5. The van der Waals surface area contributed by atoms with Gasteiger partial charge in [-0.1, -0.05) is 25.0 Å². The van der Waals surface area contributed by atoms with E-state index >= 15 is 0 Å². The van der Waals surface area contributed by atoms with Crippen LogP contribution in [0.25, 0.3) is 11.0 Å². The molecule has 0 bridgehead atoms. The lowest BCUT2D eigenvalue weighted by atomic mass is 10.0. The highest BCUT2D eigenvalue weighted by Gasteiger charge is 2.36. The van der Waals surface area contributed by atoms with Crippen LogP contribution in [-0.2, 0) is 65.8 Å². The third-order valence-electron chi connectivity index (χ3n) is 17.7. The molecule has 3 aromatic rings. The molecule has 7 amide bonds. The van der Waals surface area contributed by atoms with Crippen LogP contribution in [0.2, 0.25) is 0 Å². The van der Waals surface area contributed by atoms with Gasteiger partial charge in [0.15, 0.2) is 0 Å². The number of benzene rings is 2. The molecule has 1 unspecified atom stereocenters. The molecule has 1 saturated heterocycles. The molecule has 2 aromatic carbocycles. The molecule has 1 aromatic heterocycles. The highest BCUT2D eigenvalue weighted by Crippen LogP contribution is 2.27. The SMILES string of the molecule is COC(=O)CC1Nc2ccc(C(=O)N(C)Cc3nc4ccccc4[nH]3)cc2CN(CCCCCCNC(=O)[C@H](CCC(=O)NC[C@@H](O)[C@@H](O)[C@@H](O)[C@H](O)CO)NC(=O)[C@H](CCC(=O)NC[C@H](O)[C@@H](O)[C@H](O)[C@@H](O)CO)NC(=O)CN2CCN(CC(=O)O)CCN(CC(=O)O)CCN(CC(=O)O)CC2)C1=O. The number of methoxy groups -OCH3 is 1. The summed E-state index contributed by atoms with van der Waals surface area (Å²) < 4.78 is 4.90. The van der Waals surface area contributed by atoms with Crippen molar-refractivity contribution in [3.05, 3.63) is 59.4 Å². The van der Waals surface area contributed by atoms with Crippen molar-refractivity contribution in [1.82, 2.24) is 66.0 Å². The van der Waals surface area contributed by atoms with E-state index in [0.29, 0.717) is 48.3 Å². The standard InChI is InChI=1S/C66H102N14O25/c1-75(32-51-71-42-9-5-6-10-43(42)72-51)65(103)39-11-12-41-40(27-39)31-80(66(104)46(70-41)28-58(96)105-2)18-8-4-3-7-17-67-63(101)44(13-15-52(87)68-29-47(83)59(97)61(99)49(85)37-81)74-64(102)45(14-16-53(88)69-30-48(84)60(98)62(100)50(86)38-82)73-54(89)33-76-19-21-77(34-55(90)91)23-25-79(36-57(94)95)26-24-78(22-20-76)35-56(92)93/h5-6,9-12,27,44-50,59-62,70,81-86,97-100H,3-4,7-8,13-26,28-38H2,1-2H3,(H,67,101)(H,68,87)(H,69,88)(H,71,72)(H,73,89)(H,74,102)(H,90,91)(H,92,93)(H,94,95)/t44-,45-,46?,47+,48-,49+,50-,59+,60+,61-,62+/m0/s1. The number of aliphatic carboxylic acids is 3. The molecule has 105 heavy (non-hydrogen) atoms. The molecule has 39 nitrogen and oxygen atoms in total. The third-order valence-corrected chi connectivity index (χ3v) is 17.7. The van der Waals surface area contributed by atoms with E-state index in [0.717, 1.165) is 11.0 Å². The normalized spacial score (nSPS) is 18.1. The number of aromatic nitrogens is 2. The Kier molecular flexibility index (Phi) is 36.7. The minimum absolute atomic E-state index is 0.0101. The summed E-state index contributed by atoms with van der Waals surface area (Å²) in [4.78, 5) is 163. The number of carbonyl (C=O) groups is 11. The average molecular weight is 1490 g/mol. The molecule has 20 N–H and O–H groups in total. The first-order valence-corrected chi connectivity index (χ1v) is 34.5. The summed E-state index contributed by atoms with van der Waals surface area (Å²) in [5, 5.41) is 144. The van der Waals surface area contributed by atoms with E-state index in [1.165, 1.54) is 31.6 Å². The number of H-pyrrole nitrogens is 1. The number of amides is 7. The monoisotopic (exact) mass is 1490 g/mol. The van der Waals surface area contributed by atoms with E-state index in [9.17, 15) is 119 Å². The van der Waals surface area contributed by atoms with E-state index in [1.807, 2.05) is 24.3 Å². The molecule has 2 aliphatic rings. The number of carboxylic acid groups (broad SMARTS) is 3. The number of aromatic amines is 1. The van der Waals surface area contributed by atoms with Gasteiger partial charge in [0.1, 0.15) is 60.6 Å². The molecule has 11 atom stereocenters. The van der Waals surface area contributed by atoms with Gasteiger partial charge in [-0.15, -0.1) is 0 Å². The quantitative estimate of drug-likeness (QED) is 0.0185. The zero-order valence-corrected chi connectivity index (χ0v) is 58.7. The summed E-state index contributed by atoms with van der Waals surface area (Å²) in [5.74, 6) is -9.04. The van der Waals surface area contributed by atoms with Crippen LogP contribution in [0.5, 0.6) is 0 Å². The zero-order valence-electron chi connectivity index (χ0n) is 58.7. The number of carboxylic acids is 3. The van der Waals surface area contributed by atoms with Crippen LogP contribution in [0.3, 0.4) is 0 Å². The zero-order chi connectivity index (χ0) is 77.4. The predicted octanol–water partition coefficient (Wildman–Crippen LogP) is -7.69. The van der Waals surface area contributed by atoms with Gasteiger partial charge in [-0.2, -0.15) is 0 Å². The summed E-state index contributed by atoms with van der Waals surface area (Å²) in [6.45, 7) is -4.85. The molecular weight excluding hydrogens is 1390 g/mol. The maximum absolute atomic E-state index is 14.6. The average Bonchev–Trinajstić information content (AvgIpc) is 1.79. The number of aliphatic hydroxyl groups is 10. The lowest BCUT2D eigenvalue weighted by Gasteiger charge is -2.33. The first-order chi connectivity index (χ1) is 49.9. The van der Waals surface area contributed by atoms with Gasteiger partial charge >= 0.3 is 23.9 Å². The Morgan fingerprint density at radius 1 is 0.600 bits per heavy atom. The highest BCUT2D eigenvalue weighted by molar-refractivity contribution is 5.96. The minimum atomic E-state index is -2.07. The third kappa shape index (κ3) is 29.7. The predicted molar refractivity (Wildman–Crippen MR) is 369 cm³/mol. The van der Waals surface area contributed by atoms with E-state index in [-0.39, 0.29) is 90.9 Å². The number of carbonyl (C=O) groups excluding carboxylic acids is 8. The molecule has 1 fully saturated rings. The van der Waals surface area contributed by atoms with Crippen molar-refractivity contribution in [2.45, 2.75) is 138 Å². The van der Waals surface area contributed by atoms with Gasteiger partial charge < -0.3 is 118 Å². The Morgan fingerprint density at radius 2 is 1.09 bits per heavy atom. The van der Waals surface area contributed by atoms with Crippen molar-refractivity contribution < 1.29 is 124 Å². The van der Waals surface area contributed by atoms with E-state index in [4.69, 9.17) is 4.74 Å². The minimum Gasteiger partial charge on any atom is -0.480 e. The number of aliphatic hydroxyl groups excluding tert-OH is 10. The molecule has 3 heterocycles. The number of anilines is 1. The smallest absolute Gasteiger partial charge is 0.317 e. The Balaban J connectivity index is 1.33. The van der Waals surface area contributed by atoms with E-state index in [2.05, 4.69) is 41.9 Å². The fraction of sp³-hybridized carbons (Fsp3) is 0.636. The van der Waals surface area contributed by atoms with Crippen LogP contribution < -0.4 is 31.9 Å². The van der Waals surface area contributed by atoms with Gasteiger partial charge in [-0.3, -0.25) is 72.3 Å². The fourth-order valence-electron chi connectivity index (χ4n) is 11.6. The lowest BCUT2D eigenvalue weighted by Crippen LogP contribution is -2.56. The van der Waals surface area contributed by atoms with Crippen molar-refractivity contribution in [3.8, 4) is 0 Å². The van der Waals surface area contributed by atoms with Gasteiger partial charge in [0.25, 0.3) is 5.91 Å². The van der Waals surface area contributed by atoms with Crippen LogP contribution in [-0.4, -0.2) is 370 Å². The Hall–Kier alpha value is -8.68. The number of para-hydroxylation sites is 2. The number of ether oxygens (including phenoxy) is 1. The number of nitrogens with zero attached hydrogens (tertiary/aromatic N) is 7. The van der Waals surface area contributed by atoms with Gasteiger partial charge in [-0.25, -0.2) is 4.98 Å². The van der Waals surface area contributed by atoms with Crippen LogP contribution in [0, 0.1) is 0 Å². The number of imidazole rings is 1. The number of hydrogen-bond donors (Lipinski definition) is 20. The maximum atomic E-state index is 14.6. The second-order valence-corrected chi connectivity index (χ2v) is 25.9. The molecule has 0 aliphatic carbocycles. The number of rotatable bonds is 42. The number of fused-ring (bicyclic) bond motifs is 2. The molecule has 2 aliphatic heterocycles. The van der Waals surface area contributed by atoms with Crippen LogP contribution in [0.4, 0.5) is 5.69 Å². The summed E-state index contributed by atoms with van der Waals surface area (Å²) in [6.07, 6.45) is -16.7. The Labute approximate surface area is 604 Å². The first kappa shape index (κ1) is 87.0. The second kappa shape index (κ2) is 44.3. The van der Waals surface area contributed by atoms with Gasteiger partial charge in [0, 0.05) is 116 Å². The van der Waals surface area contributed by atoms with Crippen LogP contribution in [0.15, 0.2) is 42.5 Å². The van der Waals surface area contributed by atoms with Crippen molar-refractivity contribution in [1.29, 1.82) is 0 Å². The molecular formula is C66H102N14O25. The van der Waals surface area contributed by atoms with Gasteiger partial charge in [-0.05, 0) is 61.6 Å². The number of esters is 1. The number of nitrogens with one attached hydrogen (secondary N) is 7. The van der Waals surface area contributed by atoms with Crippen molar-refractivity contribution >= 4 is 81.9 Å². The van der Waals surface area contributed by atoms with Gasteiger partial charge in [0.2, 0.25) is 35.4 Å². The Bertz CT molecular complexity index is 3290. The molecule has 5 rings (SSSR count). The molecule has 0 spiro atoms. The summed E-state index contributed by atoms with van der Waals surface area (Å²) >= 11 is 0. The number of unbranched alkanes of at least 4 members (excludes halogenated alkanes) is 3. The van der Waals surface area contributed by atoms with E-state index < -0.39 is 204 Å². The molecule has 39 heteroatoms. The first-order valence-electron chi connectivity index (χ1n) is 34.5. The molecule has 0 saturated carbocycles. The summed E-state index contributed by atoms with van der Waals surface area (Å²) in [7, 11) is 2.83. The van der Waals surface area contributed by atoms with Crippen molar-refractivity contribution in [2.75, 3.05) is 137 Å².